The molecule has 1 amide bonds. The highest BCUT2D eigenvalue weighted by atomic mass is 16.5. The van der Waals surface area contributed by atoms with Crippen LogP contribution in [0.5, 0.6) is 5.75 Å². The summed E-state index contributed by atoms with van der Waals surface area (Å²) in [6.45, 7) is 4.84. The summed E-state index contributed by atoms with van der Waals surface area (Å²) >= 11 is 0. The summed E-state index contributed by atoms with van der Waals surface area (Å²) in [6, 6.07) is 20.6. The van der Waals surface area contributed by atoms with Crippen LogP contribution in [0.4, 0.5) is 5.69 Å². The number of ether oxygens (including phenoxy) is 1. The first-order valence-electron chi connectivity index (χ1n) is 10.1. The van der Waals surface area contributed by atoms with E-state index in [9.17, 15) is 4.79 Å². The van der Waals surface area contributed by atoms with Gasteiger partial charge in [0.2, 0.25) is 5.89 Å². The number of amides is 1. The second kappa shape index (κ2) is 8.82. The van der Waals surface area contributed by atoms with E-state index in [1.54, 1.807) is 12.1 Å². The number of hydrogen-bond donors (Lipinski definition) is 1. The lowest BCUT2D eigenvalue weighted by atomic mass is 10.1. The molecule has 0 unspecified atom stereocenters. The van der Waals surface area contributed by atoms with Crippen molar-refractivity contribution in [3.8, 4) is 17.2 Å². The van der Waals surface area contributed by atoms with Crippen LogP contribution in [0.2, 0.25) is 0 Å². The van der Waals surface area contributed by atoms with Crippen LogP contribution < -0.4 is 10.1 Å². The van der Waals surface area contributed by atoms with Gasteiger partial charge in [0.25, 0.3) is 5.91 Å². The molecule has 1 N–H and O–H groups in total. The summed E-state index contributed by atoms with van der Waals surface area (Å²) in [5, 5.41) is 2.91. The van der Waals surface area contributed by atoms with Crippen molar-refractivity contribution in [3.63, 3.8) is 0 Å². The molecule has 1 heterocycles. The summed E-state index contributed by atoms with van der Waals surface area (Å²) in [6.07, 6.45) is 2.10. The largest absolute Gasteiger partial charge is 0.494 e. The third kappa shape index (κ3) is 4.51. The summed E-state index contributed by atoms with van der Waals surface area (Å²) in [7, 11) is 0. The van der Waals surface area contributed by atoms with Crippen LogP contribution in [-0.2, 0) is 0 Å². The smallest absolute Gasteiger partial charge is 0.255 e. The molecule has 30 heavy (non-hydrogen) atoms. The Labute approximate surface area is 175 Å². The SMILES string of the molecule is CCCCOc1ccc(C(=O)Nc2ccc(-c3nc4cc(C)ccc4o3)cc2)cc1. The normalized spacial score (nSPS) is 10.9. The fourth-order valence-electron chi connectivity index (χ4n) is 3.10. The zero-order valence-electron chi connectivity index (χ0n) is 17.1. The topological polar surface area (TPSA) is 64.4 Å². The highest BCUT2D eigenvalue weighted by molar-refractivity contribution is 6.04. The Morgan fingerprint density at radius 3 is 2.53 bits per heavy atom. The number of rotatable bonds is 7. The molecule has 3 aromatic carbocycles. The Bertz CT molecular complexity index is 1150. The average molecular weight is 400 g/mol. The Morgan fingerprint density at radius 1 is 1.03 bits per heavy atom. The molecule has 0 atom stereocenters. The van der Waals surface area contributed by atoms with Crippen LogP contribution in [0.1, 0.15) is 35.7 Å². The molecule has 0 bridgehead atoms. The summed E-state index contributed by atoms with van der Waals surface area (Å²) in [4.78, 5) is 17.1. The van der Waals surface area contributed by atoms with Crippen LogP contribution in [0.3, 0.4) is 0 Å². The average Bonchev–Trinajstić information content (AvgIpc) is 3.18. The number of hydrogen-bond acceptors (Lipinski definition) is 4. The van der Waals surface area contributed by atoms with Gasteiger partial charge in [0.05, 0.1) is 6.61 Å². The number of unbranched alkanes of at least 4 members (excludes halogenated alkanes) is 1. The molecule has 0 aliphatic carbocycles. The number of oxazole rings is 1. The van der Waals surface area contributed by atoms with Crippen molar-refractivity contribution in [2.45, 2.75) is 26.7 Å². The fourth-order valence-corrected chi connectivity index (χ4v) is 3.10. The van der Waals surface area contributed by atoms with Gasteiger partial charge in [0.1, 0.15) is 11.3 Å². The van der Waals surface area contributed by atoms with E-state index in [0.717, 1.165) is 40.8 Å². The molecule has 0 fully saturated rings. The van der Waals surface area contributed by atoms with Crippen molar-refractivity contribution < 1.29 is 13.9 Å². The Hall–Kier alpha value is -3.60. The van der Waals surface area contributed by atoms with Gasteiger partial charge in [-0.25, -0.2) is 4.98 Å². The number of nitrogens with one attached hydrogen (secondary N) is 1. The molecule has 0 spiro atoms. The van der Waals surface area contributed by atoms with Gasteiger partial charge in [-0.05, 0) is 79.6 Å². The van der Waals surface area contributed by atoms with E-state index >= 15 is 0 Å². The highest BCUT2D eigenvalue weighted by Gasteiger charge is 2.10. The molecular formula is C25H24N2O3. The van der Waals surface area contributed by atoms with Gasteiger partial charge in [-0.1, -0.05) is 19.4 Å². The molecule has 0 saturated carbocycles. The maximum atomic E-state index is 12.5. The Balaban J connectivity index is 1.41. The lowest BCUT2D eigenvalue weighted by Crippen LogP contribution is -2.11. The molecule has 4 rings (SSSR count). The second-order valence-corrected chi connectivity index (χ2v) is 7.25. The van der Waals surface area contributed by atoms with E-state index < -0.39 is 0 Å². The minimum Gasteiger partial charge on any atom is -0.494 e. The van der Waals surface area contributed by atoms with Gasteiger partial charge in [-0.3, -0.25) is 4.79 Å². The number of aromatic nitrogens is 1. The molecule has 0 aliphatic heterocycles. The molecule has 0 radical (unpaired) electrons. The number of aryl methyl sites for hydroxylation is 1. The van der Waals surface area contributed by atoms with E-state index in [4.69, 9.17) is 9.15 Å². The van der Waals surface area contributed by atoms with Crippen molar-refractivity contribution in [3.05, 3.63) is 77.9 Å². The van der Waals surface area contributed by atoms with Crippen LogP contribution in [-0.4, -0.2) is 17.5 Å². The number of nitrogens with zero attached hydrogens (tertiary/aromatic N) is 1. The van der Waals surface area contributed by atoms with Gasteiger partial charge < -0.3 is 14.5 Å². The van der Waals surface area contributed by atoms with Crippen LogP contribution in [0, 0.1) is 6.92 Å². The standard InChI is InChI=1S/C25H24N2O3/c1-3-4-15-29-21-12-8-18(9-13-21)24(28)26-20-10-6-19(7-11-20)25-27-22-16-17(2)5-14-23(22)30-25/h5-14,16H,3-4,15H2,1-2H3,(H,26,28). The second-order valence-electron chi connectivity index (χ2n) is 7.25. The molecule has 152 valence electrons. The molecule has 5 heteroatoms. The van der Waals surface area contributed by atoms with Gasteiger partial charge in [0.15, 0.2) is 5.58 Å². The molecule has 1 aromatic heterocycles. The number of carbonyl (C=O) groups excluding carboxylic acids is 1. The fraction of sp³-hybridized carbons (Fsp3) is 0.200. The van der Waals surface area contributed by atoms with Crippen molar-refractivity contribution in [1.29, 1.82) is 0 Å². The van der Waals surface area contributed by atoms with E-state index in [1.165, 1.54) is 0 Å². The minimum atomic E-state index is -0.166. The predicted molar refractivity (Wildman–Crippen MR) is 119 cm³/mol. The molecule has 4 aromatic rings. The first-order chi connectivity index (χ1) is 14.6. The first kappa shape index (κ1) is 19.7. The van der Waals surface area contributed by atoms with Gasteiger partial charge in [0, 0.05) is 16.8 Å². The van der Waals surface area contributed by atoms with Gasteiger partial charge in [-0.15, -0.1) is 0 Å². The van der Waals surface area contributed by atoms with Crippen molar-refractivity contribution in [1.82, 2.24) is 4.98 Å². The van der Waals surface area contributed by atoms with Gasteiger partial charge >= 0.3 is 0 Å². The van der Waals surface area contributed by atoms with E-state index in [-0.39, 0.29) is 5.91 Å². The summed E-state index contributed by atoms with van der Waals surface area (Å²) in [5.74, 6) is 1.17. The van der Waals surface area contributed by atoms with Crippen molar-refractivity contribution in [2.75, 3.05) is 11.9 Å². The summed E-state index contributed by atoms with van der Waals surface area (Å²) < 4.78 is 11.5. The van der Waals surface area contributed by atoms with E-state index in [2.05, 4.69) is 17.2 Å². The number of anilines is 1. The van der Waals surface area contributed by atoms with Gasteiger partial charge in [-0.2, -0.15) is 0 Å². The minimum absolute atomic E-state index is 0.166. The number of carbonyl (C=O) groups is 1. The zero-order valence-corrected chi connectivity index (χ0v) is 17.1. The quantitative estimate of drug-likeness (QED) is 0.373. The molecule has 0 saturated heterocycles. The monoisotopic (exact) mass is 400 g/mol. The number of benzene rings is 3. The molecule has 0 aliphatic rings. The maximum absolute atomic E-state index is 12.5. The van der Waals surface area contributed by atoms with Crippen molar-refractivity contribution >= 4 is 22.7 Å². The molecular weight excluding hydrogens is 376 g/mol. The highest BCUT2D eigenvalue weighted by Crippen LogP contribution is 2.26. The lowest BCUT2D eigenvalue weighted by molar-refractivity contribution is 0.102. The first-order valence-corrected chi connectivity index (χ1v) is 10.1. The third-order valence-corrected chi connectivity index (χ3v) is 4.82. The lowest BCUT2D eigenvalue weighted by Gasteiger charge is -2.08. The Kier molecular flexibility index (Phi) is 5.80. The number of fused-ring (bicyclic) bond motifs is 1. The van der Waals surface area contributed by atoms with E-state index in [1.807, 2.05) is 61.5 Å². The maximum Gasteiger partial charge on any atom is 0.255 e. The van der Waals surface area contributed by atoms with E-state index in [0.29, 0.717) is 23.7 Å². The zero-order chi connectivity index (χ0) is 20.9. The Morgan fingerprint density at radius 2 is 1.80 bits per heavy atom. The van der Waals surface area contributed by atoms with Crippen LogP contribution >= 0.6 is 0 Å². The van der Waals surface area contributed by atoms with Crippen LogP contribution in [0.15, 0.2) is 71.1 Å². The predicted octanol–water partition coefficient (Wildman–Crippen LogP) is 6.23. The van der Waals surface area contributed by atoms with Crippen LogP contribution in [0.25, 0.3) is 22.6 Å². The van der Waals surface area contributed by atoms with Crippen molar-refractivity contribution in [2.24, 2.45) is 0 Å². The summed E-state index contributed by atoms with van der Waals surface area (Å²) in [5.41, 5.74) is 4.88. The molecule has 5 nitrogen and oxygen atoms in total. The third-order valence-electron chi connectivity index (χ3n) is 4.82.